The van der Waals surface area contributed by atoms with Gasteiger partial charge < -0.3 is 20.2 Å². The average Bonchev–Trinajstić information content (AvgIpc) is 3.10. The third-order valence-corrected chi connectivity index (χ3v) is 3.35. The number of rotatable bonds is 5. The standard InChI is InChI=1S/C18H18N4O2.HI/c1-23-16-10-6-5-9-15(16)22-18(19)20-11-14-12-24-17(21-14)13-7-3-2-4-8-13;/h2-10,12H,11H2,1H3,(H3,19,20,22);1H. The summed E-state index contributed by atoms with van der Waals surface area (Å²) in [4.78, 5) is 8.69. The molecular weight excluding hydrogens is 431 g/mol. The Hall–Kier alpha value is -2.55. The Balaban J connectivity index is 0.00000225. The molecule has 0 aliphatic rings. The normalized spacial score (nSPS) is 10.8. The van der Waals surface area contributed by atoms with Gasteiger partial charge in [0, 0.05) is 5.56 Å². The molecule has 3 rings (SSSR count). The average molecular weight is 450 g/mol. The molecule has 0 unspecified atom stereocenters. The van der Waals surface area contributed by atoms with Crippen molar-refractivity contribution in [2.45, 2.75) is 6.54 Å². The lowest BCUT2D eigenvalue weighted by atomic mass is 10.2. The maximum absolute atomic E-state index is 5.92. The second-order valence-electron chi connectivity index (χ2n) is 5.04. The van der Waals surface area contributed by atoms with E-state index < -0.39 is 0 Å². The summed E-state index contributed by atoms with van der Waals surface area (Å²) in [6, 6.07) is 17.2. The van der Waals surface area contributed by atoms with Gasteiger partial charge in [-0.2, -0.15) is 0 Å². The summed E-state index contributed by atoms with van der Waals surface area (Å²) in [6.45, 7) is 0.324. The van der Waals surface area contributed by atoms with Crippen LogP contribution in [0.1, 0.15) is 5.69 Å². The molecule has 0 saturated heterocycles. The summed E-state index contributed by atoms with van der Waals surface area (Å²) in [5.74, 6) is 1.55. The van der Waals surface area contributed by atoms with E-state index in [-0.39, 0.29) is 29.9 Å². The number of para-hydroxylation sites is 2. The minimum atomic E-state index is 0. The van der Waals surface area contributed by atoms with E-state index in [0.717, 1.165) is 11.3 Å². The zero-order valence-electron chi connectivity index (χ0n) is 13.7. The maximum Gasteiger partial charge on any atom is 0.226 e. The first-order chi connectivity index (χ1) is 11.8. The fourth-order valence-corrected chi connectivity index (χ4v) is 2.18. The molecule has 0 amide bonds. The summed E-state index contributed by atoms with van der Waals surface area (Å²) >= 11 is 0. The molecule has 0 atom stereocenters. The van der Waals surface area contributed by atoms with E-state index in [0.29, 0.717) is 23.9 Å². The van der Waals surface area contributed by atoms with Crippen molar-refractivity contribution < 1.29 is 9.15 Å². The molecule has 0 aliphatic carbocycles. The maximum atomic E-state index is 5.92. The quantitative estimate of drug-likeness (QED) is 0.350. The van der Waals surface area contributed by atoms with Crippen molar-refractivity contribution in [1.29, 1.82) is 0 Å². The first kappa shape index (κ1) is 18.8. The molecule has 2 aromatic carbocycles. The molecule has 0 fully saturated rings. The van der Waals surface area contributed by atoms with Crippen LogP contribution in [0.4, 0.5) is 5.69 Å². The van der Waals surface area contributed by atoms with Gasteiger partial charge in [-0.1, -0.05) is 30.3 Å². The largest absolute Gasteiger partial charge is 0.495 e. The van der Waals surface area contributed by atoms with Crippen molar-refractivity contribution in [2.75, 3.05) is 12.4 Å². The number of hydrogen-bond acceptors (Lipinski definition) is 4. The first-order valence-electron chi connectivity index (χ1n) is 7.46. The third kappa shape index (κ3) is 4.96. The molecule has 0 radical (unpaired) electrons. The van der Waals surface area contributed by atoms with E-state index in [1.54, 1.807) is 13.4 Å². The number of nitrogens with zero attached hydrogens (tertiary/aromatic N) is 2. The van der Waals surface area contributed by atoms with Gasteiger partial charge in [0.25, 0.3) is 0 Å². The van der Waals surface area contributed by atoms with E-state index >= 15 is 0 Å². The molecule has 25 heavy (non-hydrogen) atoms. The molecule has 1 aromatic heterocycles. The van der Waals surface area contributed by atoms with Crippen LogP contribution in [0.5, 0.6) is 5.75 Å². The lowest BCUT2D eigenvalue weighted by Crippen LogP contribution is -2.22. The number of ether oxygens (including phenoxy) is 1. The van der Waals surface area contributed by atoms with Crippen molar-refractivity contribution in [2.24, 2.45) is 10.7 Å². The summed E-state index contributed by atoms with van der Waals surface area (Å²) in [5, 5.41) is 3.01. The highest BCUT2D eigenvalue weighted by molar-refractivity contribution is 14.0. The van der Waals surface area contributed by atoms with Crippen LogP contribution in [0, 0.1) is 0 Å². The van der Waals surface area contributed by atoms with E-state index in [2.05, 4.69) is 15.3 Å². The SMILES string of the molecule is COc1ccccc1NC(N)=NCc1coc(-c2ccccc2)n1.I. The van der Waals surface area contributed by atoms with Crippen molar-refractivity contribution in [3.8, 4) is 17.2 Å². The predicted molar refractivity (Wildman–Crippen MR) is 109 cm³/mol. The highest BCUT2D eigenvalue weighted by atomic mass is 127. The summed E-state index contributed by atoms with van der Waals surface area (Å²) in [6.07, 6.45) is 1.59. The predicted octanol–water partition coefficient (Wildman–Crippen LogP) is 3.90. The van der Waals surface area contributed by atoms with Gasteiger partial charge in [0.1, 0.15) is 17.7 Å². The Morgan fingerprint density at radius 1 is 1.16 bits per heavy atom. The Labute approximate surface area is 163 Å². The number of halogens is 1. The van der Waals surface area contributed by atoms with Gasteiger partial charge in [0.2, 0.25) is 5.89 Å². The zero-order valence-corrected chi connectivity index (χ0v) is 16.0. The van der Waals surface area contributed by atoms with Crippen molar-refractivity contribution >= 4 is 35.6 Å². The highest BCUT2D eigenvalue weighted by Gasteiger charge is 2.06. The first-order valence-corrected chi connectivity index (χ1v) is 7.46. The number of nitrogens with two attached hydrogens (primary N) is 1. The molecule has 0 aliphatic heterocycles. The zero-order chi connectivity index (χ0) is 16.8. The monoisotopic (exact) mass is 450 g/mol. The lowest BCUT2D eigenvalue weighted by molar-refractivity contribution is 0.417. The minimum absolute atomic E-state index is 0. The summed E-state index contributed by atoms with van der Waals surface area (Å²) in [7, 11) is 1.61. The number of nitrogens with one attached hydrogen (secondary N) is 1. The molecule has 0 saturated carbocycles. The summed E-state index contributed by atoms with van der Waals surface area (Å²) < 4.78 is 10.7. The number of aliphatic imine (C=N–C) groups is 1. The lowest BCUT2D eigenvalue weighted by Gasteiger charge is -2.09. The van der Waals surface area contributed by atoms with Crippen LogP contribution in [0.2, 0.25) is 0 Å². The Bertz CT molecular complexity index is 834. The van der Waals surface area contributed by atoms with Crippen LogP contribution in [-0.4, -0.2) is 18.1 Å². The van der Waals surface area contributed by atoms with E-state index in [1.807, 2.05) is 54.6 Å². The highest BCUT2D eigenvalue weighted by Crippen LogP contribution is 2.22. The van der Waals surface area contributed by atoms with Gasteiger partial charge >= 0.3 is 0 Å². The number of hydrogen-bond donors (Lipinski definition) is 2. The molecule has 1 heterocycles. The second-order valence-corrected chi connectivity index (χ2v) is 5.04. The van der Waals surface area contributed by atoms with Crippen molar-refractivity contribution in [1.82, 2.24) is 4.98 Å². The molecule has 130 valence electrons. The van der Waals surface area contributed by atoms with Gasteiger partial charge in [0.15, 0.2) is 5.96 Å². The smallest absolute Gasteiger partial charge is 0.226 e. The van der Waals surface area contributed by atoms with Crippen molar-refractivity contribution in [3.05, 3.63) is 66.6 Å². The van der Waals surface area contributed by atoms with E-state index in [9.17, 15) is 0 Å². The molecule has 6 nitrogen and oxygen atoms in total. The number of anilines is 1. The minimum Gasteiger partial charge on any atom is -0.495 e. The fourth-order valence-electron chi connectivity index (χ4n) is 2.18. The molecule has 0 bridgehead atoms. The molecule has 0 spiro atoms. The topological polar surface area (TPSA) is 85.7 Å². The number of aromatic nitrogens is 1. The van der Waals surface area contributed by atoms with Crippen LogP contribution in [0.25, 0.3) is 11.5 Å². The van der Waals surface area contributed by atoms with E-state index in [1.165, 1.54) is 0 Å². The van der Waals surface area contributed by atoms with Crippen LogP contribution in [0.3, 0.4) is 0 Å². The van der Waals surface area contributed by atoms with E-state index in [4.69, 9.17) is 14.9 Å². The van der Waals surface area contributed by atoms with Crippen LogP contribution in [-0.2, 0) is 6.54 Å². The molecule has 3 aromatic rings. The molecule has 3 N–H and O–H groups in total. The Morgan fingerprint density at radius 3 is 2.64 bits per heavy atom. The number of methoxy groups -OCH3 is 1. The van der Waals surface area contributed by atoms with Crippen molar-refractivity contribution in [3.63, 3.8) is 0 Å². The fraction of sp³-hybridized carbons (Fsp3) is 0.111. The van der Waals surface area contributed by atoms with Gasteiger partial charge in [-0.25, -0.2) is 9.98 Å². The van der Waals surface area contributed by atoms with Crippen LogP contribution >= 0.6 is 24.0 Å². The van der Waals surface area contributed by atoms with Gasteiger partial charge in [-0.05, 0) is 24.3 Å². The Morgan fingerprint density at radius 2 is 1.88 bits per heavy atom. The van der Waals surface area contributed by atoms with Gasteiger partial charge in [-0.3, -0.25) is 0 Å². The van der Waals surface area contributed by atoms with Crippen LogP contribution < -0.4 is 15.8 Å². The van der Waals surface area contributed by atoms with Crippen LogP contribution in [0.15, 0.2) is 70.3 Å². The Kier molecular flexibility index (Phi) is 6.81. The molecular formula is C18H19IN4O2. The third-order valence-electron chi connectivity index (χ3n) is 3.35. The number of benzene rings is 2. The number of guanidine groups is 1. The summed E-state index contributed by atoms with van der Waals surface area (Å²) in [5.41, 5.74) is 8.31. The van der Waals surface area contributed by atoms with Gasteiger partial charge in [0.05, 0.1) is 19.3 Å². The number of oxazole rings is 1. The second kappa shape index (κ2) is 9.07. The molecule has 7 heteroatoms. The van der Waals surface area contributed by atoms with Gasteiger partial charge in [-0.15, -0.1) is 24.0 Å².